The lowest BCUT2D eigenvalue weighted by atomic mass is 10.1. The zero-order valence-corrected chi connectivity index (χ0v) is 18.5. The molecule has 4 rings (SSSR count). The van der Waals surface area contributed by atoms with E-state index in [1.807, 2.05) is 72.8 Å². The van der Waals surface area contributed by atoms with Crippen molar-refractivity contribution in [2.24, 2.45) is 4.99 Å². The first-order valence-electron chi connectivity index (χ1n) is 9.84. The van der Waals surface area contributed by atoms with Crippen molar-refractivity contribution in [1.82, 2.24) is 0 Å². The van der Waals surface area contributed by atoms with Crippen LogP contribution in [0.15, 0.2) is 77.8 Å². The highest BCUT2D eigenvalue weighted by molar-refractivity contribution is 7.23. The van der Waals surface area contributed by atoms with E-state index in [0.717, 1.165) is 21.2 Å². The smallest absolute Gasteiger partial charge is 0.341 e. The number of fused-ring (bicyclic) bond motifs is 1. The van der Waals surface area contributed by atoms with Gasteiger partial charge in [0, 0.05) is 26.9 Å². The van der Waals surface area contributed by atoms with Crippen molar-refractivity contribution >= 4 is 50.2 Å². The van der Waals surface area contributed by atoms with Crippen LogP contribution in [0, 0.1) is 0 Å². The molecule has 0 unspecified atom stereocenters. The van der Waals surface area contributed by atoms with E-state index < -0.39 is 0 Å². The Bertz CT molecular complexity index is 1230. The Hall–Kier alpha value is -3.15. The molecule has 0 atom stereocenters. The quantitative estimate of drug-likeness (QED) is 0.224. The van der Waals surface area contributed by atoms with Crippen molar-refractivity contribution in [1.29, 1.82) is 0 Å². The number of carbonyl (C=O) groups is 1. The molecule has 156 valence electrons. The highest BCUT2D eigenvalue weighted by Crippen LogP contribution is 2.38. The Kier molecular flexibility index (Phi) is 6.65. The number of nitrogens with zero attached hydrogens (tertiary/aromatic N) is 1. The number of halogens is 1. The van der Waals surface area contributed by atoms with Crippen molar-refractivity contribution in [2.45, 2.75) is 13.5 Å². The molecular formula is C25H20ClNO3S. The molecule has 0 amide bonds. The average molecular weight is 450 g/mol. The molecule has 0 aliphatic carbocycles. The van der Waals surface area contributed by atoms with Crippen molar-refractivity contribution in [3.05, 3.63) is 94.5 Å². The number of ether oxygens (including phenoxy) is 2. The van der Waals surface area contributed by atoms with Gasteiger partial charge in [0.05, 0.1) is 6.61 Å². The summed E-state index contributed by atoms with van der Waals surface area (Å²) in [7, 11) is 0. The van der Waals surface area contributed by atoms with Gasteiger partial charge >= 0.3 is 5.97 Å². The maximum absolute atomic E-state index is 12.6. The van der Waals surface area contributed by atoms with Crippen LogP contribution in [0.1, 0.15) is 28.4 Å². The number of carbonyl (C=O) groups excluding carboxylic acids is 1. The molecule has 0 bridgehead atoms. The van der Waals surface area contributed by atoms with Gasteiger partial charge in [0.25, 0.3) is 0 Å². The Morgan fingerprint density at radius 1 is 1.03 bits per heavy atom. The molecule has 0 fully saturated rings. The summed E-state index contributed by atoms with van der Waals surface area (Å²) >= 11 is 7.41. The first-order valence-corrected chi connectivity index (χ1v) is 11.0. The molecule has 0 saturated heterocycles. The zero-order valence-electron chi connectivity index (χ0n) is 16.9. The predicted molar refractivity (Wildman–Crippen MR) is 127 cm³/mol. The minimum Gasteiger partial charge on any atom is -0.488 e. The maximum atomic E-state index is 12.6. The predicted octanol–water partition coefficient (Wildman–Crippen LogP) is 7.06. The van der Waals surface area contributed by atoms with Crippen LogP contribution < -0.4 is 4.74 Å². The number of benzene rings is 3. The van der Waals surface area contributed by atoms with Crippen molar-refractivity contribution in [3.63, 3.8) is 0 Å². The van der Waals surface area contributed by atoms with Gasteiger partial charge in [0.15, 0.2) is 0 Å². The number of esters is 1. The molecule has 4 aromatic rings. The number of hydrogen-bond donors (Lipinski definition) is 0. The van der Waals surface area contributed by atoms with E-state index in [9.17, 15) is 4.79 Å². The maximum Gasteiger partial charge on any atom is 0.341 e. The minimum atomic E-state index is -0.362. The normalized spacial score (nSPS) is 11.2. The highest BCUT2D eigenvalue weighted by atomic mass is 35.5. The third-order valence-corrected chi connectivity index (χ3v) is 5.93. The molecule has 0 spiro atoms. The van der Waals surface area contributed by atoms with Crippen molar-refractivity contribution in [3.8, 4) is 5.75 Å². The number of rotatable bonds is 7. The standard InChI is InChI=1S/C25H20ClNO3S/c1-2-29-25(28)23-20-8-4-6-10-22(20)31-24(23)27-15-18-7-3-5-9-21(18)30-16-17-11-13-19(26)14-12-17/h3-15H,2,16H2,1H3. The summed E-state index contributed by atoms with van der Waals surface area (Å²) in [5, 5.41) is 2.16. The van der Waals surface area contributed by atoms with Gasteiger partial charge < -0.3 is 9.47 Å². The van der Waals surface area contributed by atoms with Gasteiger partial charge in [-0.2, -0.15) is 0 Å². The van der Waals surface area contributed by atoms with E-state index in [4.69, 9.17) is 21.1 Å². The lowest BCUT2D eigenvalue weighted by Gasteiger charge is -2.09. The van der Waals surface area contributed by atoms with Gasteiger partial charge in [-0.05, 0) is 42.8 Å². The topological polar surface area (TPSA) is 47.9 Å². The van der Waals surface area contributed by atoms with E-state index in [2.05, 4.69) is 4.99 Å². The third kappa shape index (κ3) is 4.95. The van der Waals surface area contributed by atoms with Crippen LogP contribution in [0.2, 0.25) is 5.02 Å². The SMILES string of the molecule is CCOC(=O)c1c(N=Cc2ccccc2OCc2ccc(Cl)cc2)sc2ccccc12. The molecule has 0 radical (unpaired) electrons. The van der Waals surface area contributed by atoms with Crippen LogP contribution in [-0.2, 0) is 11.3 Å². The van der Waals surface area contributed by atoms with Gasteiger partial charge in [-0.3, -0.25) is 0 Å². The number of thiophene rings is 1. The third-order valence-electron chi connectivity index (χ3n) is 4.60. The second-order valence-electron chi connectivity index (χ2n) is 6.71. The second-order valence-corrected chi connectivity index (χ2v) is 8.18. The minimum absolute atomic E-state index is 0.313. The molecule has 31 heavy (non-hydrogen) atoms. The molecule has 0 N–H and O–H groups in total. The van der Waals surface area contributed by atoms with E-state index >= 15 is 0 Å². The van der Waals surface area contributed by atoms with Crippen LogP contribution in [0.5, 0.6) is 5.75 Å². The van der Waals surface area contributed by atoms with Gasteiger partial charge in [-0.25, -0.2) is 9.79 Å². The summed E-state index contributed by atoms with van der Waals surface area (Å²) in [6.45, 7) is 2.52. The largest absolute Gasteiger partial charge is 0.488 e. The summed E-state index contributed by atoms with van der Waals surface area (Å²) in [6.07, 6.45) is 1.73. The molecule has 3 aromatic carbocycles. The Morgan fingerprint density at radius 3 is 2.58 bits per heavy atom. The van der Waals surface area contributed by atoms with Gasteiger partial charge in [-0.15, -0.1) is 11.3 Å². The molecule has 1 heterocycles. The van der Waals surface area contributed by atoms with Crippen LogP contribution in [0.25, 0.3) is 10.1 Å². The van der Waals surface area contributed by atoms with Crippen LogP contribution >= 0.6 is 22.9 Å². The van der Waals surface area contributed by atoms with Crippen LogP contribution in [0.4, 0.5) is 5.00 Å². The van der Waals surface area contributed by atoms with E-state index in [1.54, 1.807) is 13.1 Å². The van der Waals surface area contributed by atoms with Gasteiger partial charge in [0.1, 0.15) is 22.9 Å². The average Bonchev–Trinajstić information content (AvgIpc) is 3.16. The fourth-order valence-electron chi connectivity index (χ4n) is 3.11. The Morgan fingerprint density at radius 2 is 1.77 bits per heavy atom. The zero-order chi connectivity index (χ0) is 21.6. The Balaban J connectivity index is 1.62. The van der Waals surface area contributed by atoms with E-state index in [1.165, 1.54) is 11.3 Å². The Labute approximate surface area is 189 Å². The van der Waals surface area contributed by atoms with Crippen molar-refractivity contribution in [2.75, 3.05) is 6.61 Å². The fourth-order valence-corrected chi connectivity index (χ4v) is 4.27. The van der Waals surface area contributed by atoms with Crippen molar-refractivity contribution < 1.29 is 14.3 Å². The second kappa shape index (κ2) is 9.77. The summed E-state index contributed by atoms with van der Waals surface area (Å²) in [4.78, 5) is 17.2. The molecule has 4 nitrogen and oxygen atoms in total. The van der Waals surface area contributed by atoms with Gasteiger partial charge in [0.2, 0.25) is 0 Å². The molecule has 6 heteroatoms. The number of hydrogen-bond acceptors (Lipinski definition) is 5. The number of aliphatic imine (C=N–C) groups is 1. The summed E-state index contributed by atoms with van der Waals surface area (Å²) in [5.41, 5.74) is 2.34. The lowest BCUT2D eigenvalue weighted by molar-refractivity contribution is 0.0530. The van der Waals surface area contributed by atoms with E-state index in [0.29, 0.717) is 34.6 Å². The van der Waals surface area contributed by atoms with Gasteiger partial charge in [-0.1, -0.05) is 54.1 Å². The molecule has 0 aliphatic heterocycles. The first kappa shape index (κ1) is 21.1. The first-order chi connectivity index (χ1) is 15.2. The summed E-state index contributed by atoms with van der Waals surface area (Å²) in [6, 6.07) is 23.0. The highest BCUT2D eigenvalue weighted by Gasteiger charge is 2.19. The fraction of sp³-hybridized carbons (Fsp3) is 0.120. The molecular weight excluding hydrogens is 430 g/mol. The lowest BCUT2D eigenvalue weighted by Crippen LogP contribution is -2.04. The van der Waals surface area contributed by atoms with Crippen LogP contribution in [-0.4, -0.2) is 18.8 Å². The molecule has 0 aliphatic rings. The summed E-state index contributed by atoms with van der Waals surface area (Å²) < 4.78 is 12.3. The monoisotopic (exact) mass is 449 g/mol. The molecule has 0 saturated carbocycles. The number of para-hydroxylation sites is 1. The molecule has 1 aromatic heterocycles. The van der Waals surface area contributed by atoms with Crippen LogP contribution in [0.3, 0.4) is 0 Å². The van der Waals surface area contributed by atoms with E-state index in [-0.39, 0.29) is 5.97 Å². The summed E-state index contributed by atoms with van der Waals surface area (Å²) in [5.74, 6) is 0.347.